The Balaban J connectivity index is 1.48. The van der Waals surface area contributed by atoms with Crippen molar-refractivity contribution in [1.29, 1.82) is 0 Å². The SMILES string of the molecule is C=C(Cc1ccc([C@H]2CCC(=C)C(CC3=C(C)C=CC3)[C@@H]2CC)cc1)c1ccccc1. The summed E-state index contributed by atoms with van der Waals surface area (Å²) in [6.45, 7) is 13.5. The smallest absolute Gasteiger partial charge is 0.00257 e. The quantitative estimate of drug-likeness (QED) is 0.402. The van der Waals surface area contributed by atoms with Crippen molar-refractivity contribution in [2.75, 3.05) is 0 Å². The summed E-state index contributed by atoms with van der Waals surface area (Å²) in [6, 6.07) is 19.9. The maximum absolute atomic E-state index is 4.51. The van der Waals surface area contributed by atoms with Gasteiger partial charge < -0.3 is 0 Å². The minimum absolute atomic E-state index is 0.617. The van der Waals surface area contributed by atoms with Gasteiger partial charge in [-0.3, -0.25) is 0 Å². The Hall–Kier alpha value is -2.60. The Morgan fingerprint density at radius 2 is 1.77 bits per heavy atom. The molecule has 2 aromatic carbocycles. The average molecular weight is 409 g/mol. The summed E-state index contributed by atoms with van der Waals surface area (Å²) in [7, 11) is 0. The summed E-state index contributed by atoms with van der Waals surface area (Å²) in [4.78, 5) is 0. The summed E-state index contributed by atoms with van der Waals surface area (Å²) >= 11 is 0. The largest absolute Gasteiger partial charge is 0.0996 e. The van der Waals surface area contributed by atoms with Crippen molar-refractivity contribution in [3.05, 3.63) is 113 Å². The van der Waals surface area contributed by atoms with Crippen LogP contribution in [0.1, 0.15) is 68.6 Å². The molecule has 0 spiro atoms. The lowest BCUT2D eigenvalue weighted by atomic mass is 9.64. The Bertz CT molecular complexity index is 984. The molecule has 1 unspecified atom stereocenters. The van der Waals surface area contributed by atoms with Gasteiger partial charge in [-0.15, -0.1) is 0 Å². The van der Waals surface area contributed by atoms with Crippen LogP contribution in [0.3, 0.4) is 0 Å². The van der Waals surface area contributed by atoms with Crippen LogP contribution in [0.4, 0.5) is 0 Å². The molecule has 0 radical (unpaired) electrons. The highest BCUT2D eigenvalue weighted by atomic mass is 14.4. The van der Waals surface area contributed by atoms with Gasteiger partial charge in [0.15, 0.2) is 0 Å². The lowest BCUT2D eigenvalue weighted by Crippen LogP contribution is -2.28. The van der Waals surface area contributed by atoms with Crippen molar-refractivity contribution in [2.24, 2.45) is 11.8 Å². The molecule has 0 saturated heterocycles. The van der Waals surface area contributed by atoms with Crippen molar-refractivity contribution in [2.45, 2.75) is 58.3 Å². The van der Waals surface area contributed by atoms with Crippen LogP contribution in [0.25, 0.3) is 5.57 Å². The molecular weight excluding hydrogens is 372 g/mol. The average Bonchev–Trinajstić information content (AvgIpc) is 3.20. The van der Waals surface area contributed by atoms with E-state index in [1.165, 1.54) is 52.7 Å². The van der Waals surface area contributed by atoms with Gasteiger partial charge in [-0.05, 0) is 79.0 Å². The van der Waals surface area contributed by atoms with E-state index in [0.717, 1.165) is 19.3 Å². The molecule has 0 bridgehead atoms. The highest BCUT2D eigenvalue weighted by Crippen LogP contribution is 2.48. The summed E-state index contributed by atoms with van der Waals surface area (Å²) < 4.78 is 0. The normalized spacial score (nSPS) is 23.4. The van der Waals surface area contributed by atoms with E-state index in [1.807, 2.05) is 0 Å². The Morgan fingerprint density at radius 1 is 1.03 bits per heavy atom. The minimum atomic E-state index is 0.617. The van der Waals surface area contributed by atoms with E-state index in [2.05, 4.69) is 93.8 Å². The predicted molar refractivity (Wildman–Crippen MR) is 135 cm³/mol. The van der Waals surface area contributed by atoms with E-state index >= 15 is 0 Å². The molecule has 2 aliphatic rings. The first kappa shape index (κ1) is 21.6. The number of hydrogen-bond acceptors (Lipinski definition) is 0. The second kappa shape index (κ2) is 9.69. The molecule has 2 aliphatic carbocycles. The fourth-order valence-electron chi connectivity index (χ4n) is 5.67. The molecule has 0 heterocycles. The molecule has 3 atom stereocenters. The standard InChI is InChI=1S/C31H36/c1-5-29-30(19-14-23(3)31(29)21-28-13-9-10-22(28)2)27-17-15-25(16-18-27)20-24(4)26-11-7-6-8-12-26/h6-12,15-18,29-31H,3-5,13-14,19-21H2,1-2H3/t29-,30-,31?/m1/s1. The van der Waals surface area contributed by atoms with Crippen LogP contribution in [0.2, 0.25) is 0 Å². The second-order valence-corrected chi connectivity index (χ2v) is 9.47. The fourth-order valence-corrected chi connectivity index (χ4v) is 5.67. The van der Waals surface area contributed by atoms with Gasteiger partial charge in [0.05, 0.1) is 0 Å². The third kappa shape index (κ3) is 4.85. The molecule has 0 aromatic heterocycles. The topological polar surface area (TPSA) is 0 Å². The van der Waals surface area contributed by atoms with E-state index in [-0.39, 0.29) is 0 Å². The van der Waals surface area contributed by atoms with Crippen LogP contribution in [0, 0.1) is 11.8 Å². The van der Waals surface area contributed by atoms with Crippen molar-refractivity contribution in [3.8, 4) is 0 Å². The molecule has 0 amide bonds. The van der Waals surface area contributed by atoms with Gasteiger partial charge in [0.2, 0.25) is 0 Å². The Kier molecular flexibility index (Phi) is 6.76. The molecule has 0 aliphatic heterocycles. The van der Waals surface area contributed by atoms with Gasteiger partial charge in [-0.25, -0.2) is 0 Å². The van der Waals surface area contributed by atoms with Crippen molar-refractivity contribution >= 4 is 5.57 Å². The molecule has 160 valence electrons. The molecule has 1 saturated carbocycles. The van der Waals surface area contributed by atoms with Crippen molar-refractivity contribution < 1.29 is 0 Å². The summed E-state index contributed by atoms with van der Waals surface area (Å²) in [5.41, 5.74) is 9.85. The second-order valence-electron chi connectivity index (χ2n) is 9.47. The molecule has 0 N–H and O–H groups in total. The van der Waals surface area contributed by atoms with Gasteiger partial charge >= 0.3 is 0 Å². The first-order valence-corrected chi connectivity index (χ1v) is 11.9. The van der Waals surface area contributed by atoms with Gasteiger partial charge in [0, 0.05) is 0 Å². The molecule has 0 nitrogen and oxygen atoms in total. The monoisotopic (exact) mass is 408 g/mol. The zero-order valence-corrected chi connectivity index (χ0v) is 19.2. The predicted octanol–water partition coefficient (Wildman–Crippen LogP) is 8.69. The number of benzene rings is 2. The minimum Gasteiger partial charge on any atom is -0.0996 e. The zero-order valence-electron chi connectivity index (χ0n) is 19.2. The van der Waals surface area contributed by atoms with E-state index in [1.54, 1.807) is 5.57 Å². The van der Waals surface area contributed by atoms with Crippen LogP contribution >= 0.6 is 0 Å². The molecule has 1 fully saturated rings. The van der Waals surface area contributed by atoms with Crippen LogP contribution in [-0.2, 0) is 6.42 Å². The van der Waals surface area contributed by atoms with Gasteiger partial charge in [-0.2, -0.15) is 0 Å². The number of rotatable bonds is 7. The van der Waals surface area contributed by atoms with E-state index in [9.17, 15) is 0 Å². The Labute approximate surface area is 189 Å². The van der Waals surface area contributed by atoms with Gasteiger partial charge in [0.1, 0.15) is 0 Å². The third-order valence-electron chi connectivity index (χ3n) is 7.57. The molecular formula is C31H36. The van der Waals surface area contributed by atoms with Crippen LogP contribution in [-0.4, -0.2) is 0 Å². The number of allylic oxidation sites excluding steroid dienone is 6. The third-order valence-corrected chi connectivity index (χ3v) is 7.57. The fraction of sp³-hybridized carbons (Fsp3) is 0.355. The van der Waals surface area contributed by atoms with Crippen molar-refractivity contribution in [1.82, 2.24) is 0 Å². The lowest BCUT2D eigenvalue weighted by Gasteiger charge is -2.40. The zero-order chi connectivity index (χ0) is 21.8. The maximum Gasteiger partial charge on any atom is -0.00257 e. The summed E-state index contributed by atoms with van der Waals surface area (Å²) in [6.07, 6.45) is 11.5. The highest BCUT2D eigenvalue weighted by molar-refractivity contribution is 5.65. The molecule has 31 heavy (non-hydrogen) atoms. The van der Waals surface area contributed by atoms with Crippen LogP contribution in [0.5, 0.6) is 0 Å². The van der Waals surface area contributed by atoms with Crippen LogP contribution < -0.4 is 0 Å². The first-order valence-electron chi connectivity index (χ1n) is 11.9. The maximum atomic E-state index is 4.51. The van der Waals surface area contributed by atoms with Crippen LogP contribution in [0.15, 0.2) is 96.6 Å². The molecule has 4 rings (SSSR count). The first-order chi connectivity index (χ1) is 15.1. The summed E-state index contributed by atoms with van der Waals surface area (Å²) in [5, 5.41) is 0. The molecule has 0 heteroatoms. The van der Waals surface area contributed by atoms with E-state index < -0.39 is 0 Å². The highest BCUT2D eigenvalue weighted by Gasteiger charge is 2.35. The van der Waals surface area contributed by atoms with Gasteiger partial charge in [-0.1, -0.05) is 110 Å². The van der Waals surface area contributed by atoms with E-state index in [4.69, 9.17) is 0 Å². The summed E-state index contributed by atoms with van der Waals surface area (Å²) in [5.74, 6) is 1.94. The van der Waals surface area contributed by atoms with Crippen molar-refractivity contribution in [3.63, 3.8) is 0 Å². The molecule has 2 aromatic rings. The lowest BCUT2D eigenvalue weighted by molar-refractivity contribution is 0.251. The van der Waals surface area contributed by atoms with E-state index in [0.29, 0.717) is 17.8 Å². The Morgan fingerprint density at radius 3 is 2.42 bits per heavy atom. The van der Waals surface area contributed by atoms with Gasteiger partial charge in [0.25, 0.3) is 0 Å². The number of hydrogen-bond donors (Lipinski definition) is 0.